The van der Waals surface area contributed by atoms with Crippen LogP contribution in [-0.2, 0) is 28.7 Å². The molecule has 3 heterocycles. The minimum atomic E-state index is -4.61. The van der Waals surface area contributed by atoms with Crippen molar-refractivity contribution in [1.82, 2.24) is 19.3 Å². The number of aryl methyl sites for hydroxylation is 1. The predicted molar refractivity (Wildman–Crippen MR) is 103 cm³/mol. The fraction of sp³-hybridized carbons (Fsp3) is 0.421. The second kappa shape index (κ2) is 7.36. The molecule has 11 heteroatoms. The Labute approximate surface area is 176 Å². The summed E-state index contributed by atoms with van der Waals surface area (Å²) in [5.41, 5.74) is 0.465. The normalized spacial score (nSPS) is 17.4. The molecule has 1 unspecified atom stereocenters. The molecule has 3 aromatic rings. The number of nitrogens with zero attached hydrogens (tertiary/aromatic N) is 4. The highest BCUT2D eigenvalue weighted by atomic mass is 79.9. The number of carbonyl (C=O) groups is 1. The Morgan fingerprint density at radius 2 is 2.17 bits per heavy atom. The Bertz CT molecular complexity index is 1140. The van der Waals surface area contributed by atoms with E-state index in [1.807, 2.05) is 0 Å². The number of carbonyl (C=O) groups excluding carboxylic acids is 1. The SMILES string of the molecule is CCOC(=O)C(c1ncn2c1C[C@@H](F)C2)n1cc2c(C(F)(F)F)cc(Br)c(C)c2n1. The Morgan fingerprint density at radius 3 is 2.83 bits per heavy atom. The van der Waals surface area contributed by atoms with Gasteiger partial charge in [-0.15, -0.1) is 0 Å². The number of ether oxygens (including phenoxy) is 1. The van der Waals surface area contributed by atoms with Gasteiger partial charge in [-0.25, -0.2) is 14.2 Å². The average Bonchev–Trinajstić information content (AvgIpc) is 3.33. The van der Waals surface area contributed by atoms with Gasteiger partial charge in [-0.2, -0.15) is 18.3 Å². The third-order valence-electron chi connectivity index (χ3n) is 5.13. The number of benzene rings is 1. The van der Waals surface area contributed by atoms with Crippen molar-refractivity contribution in [3.05, 3.63) is 45.6 Å². The minimum absolute atomic E-state index is 0.0599. The topological polar surface area (TPSA) is 61.9 Å². The molecule has 0 N–H and O–H groups in total. The first-order chi connectivity index (χ1) is 14.1. The standard InChI is InChI=1S/C19H17BrF4N4O2/c1-3-30-18(29)17(16-14-4-10(21)6-27(14)8-25-16)28-7-11-12(19(22,23)24)5-13(20)9(2)15(11)26-28/h5,7-8,10,17H,3-4,6H2,1-2H3/t10-,17?/m1/s1. The van der Waals surface area contributed by atoms with E-state index in [-0.39, 0.29) is 40.6 Å². The Hall–Kier alpha value is -2.43. The lowest BCUT2D eigenvalue weighted by Gasteiger charge is -2.15. The molecule has 0 amide bonds. The van der Waals surface area contributed by atoms with Gasteiger partial charge in [0.15, 0.2) is 6.04 Å². The van der Waals surface area contributed by atoms with Crippen LogP contribution in [0.3, 0.4) is 0 Å². The molecule has 0 fully saturated rings. The molecular formula is C19H17BrF4N4O2. The second-order valence-electron chi connectivity index (χ2n) is 7.08. The number of hydrogen-bond acceptors (Lipinski definition) is 4. The van der Waals surface area contributed by atoms with Gasteiger partial charge in [0.25, 0.3) is 0 Å². The highest BCUT2D eigenvalue weighted by Gasteiger charge is 2.37. The van der Waals surface area contributed by atoms with Crippen LogP contribution in [0.25, 0.3) is 10.9 Å². The molecule has 0 radical (unpaired) electrons. The Balaban J connectivity index is 1.92. The maximum atomic E-state index is 13.9. The third kappa shape index (κ3) is 3.38. The Kier molecular flexibility index (Phi) is 5.11. The van der Waals surface area contributed by atoms with Crippen molar-refractivity contribution >= 4 is 32.8 Å². The van der Waals surface area contributed by atoms with E-state index >= 15 is 0 Å². The summed E-state index contributed by atoms with van der Waals surface area (Å²) >= 11 is 3.15. The van der Waals surface area contributed by atoms with Crippen LogP contribution in [0.5, 0.6) is 0 Å². The first-order valence-electron chi connectivity index (χ1n) is 9.21. The Morgan fingerprint density at radius 1 is 1.43 bits per heavy atom. The lowest BCUT2D eigenvalue weighted by atomic mass is 10.1. The van der Waals surface area contributed by atoms with Crippen LogP contribution in [0, 0.1) is 6.92 Å². The number of aromatic nitrogens is 4. The van der Waals surface area contributed by atoms with E-state index < -0.39 is 29.9 Å². The van der Waals surface area contributed by atoms with E-state index in [0.717, 1.165) is 10.7 Å². The van der Waals surface area contributed by atoms with Crippen LogP contribution in [0.2, 0.25) is 0 Å². The molecule has 2 aromatic heterocycles. The number of esters is 1. The molecule has 6 nitrogen and oxygen atoms in total. The van der Waals surface area contributed by atoms with Crippen LogP contribution in [0.4, 0.5) is 17.6 Å². The van der Waals surface area contributed by atoms with Crippen LogP contribution in [0.1, 0.15) is 35.5 Å². The number of halogens is 5. The first kappa shape index (κ1) is 20.8. The lowest BCUT2D eigenvalue weighted by Crippen LogP contribution is -2.25. The zero-order valence-electron chi connectivity index (χ0n) is 16.0. The first-order valence-corrected chi connectivity index (χ1v) is 10.0. The molecule has 1 aromatic carbocycles. The fourth-order valence-electron chi connectivity index (χ4n) is 3.74. The third-order valence-corrected chi connectivity index (χ3v) is 5.96. The van der Waals surface area contributed by atoms with E-state index in [0.29, 0.717) is 11.3 Å². The van der Waals surface area contributed by atoms with Crippen molar-refractivity contribution in [3.63, 3.8) is 0 Å². The second-order valence-corrected chi connectivity index (χ2v) is 7.94. The number of hydrogen-bond donors (Lipinski definition) is 0. The molecule has 0 aliphatic carbocycles. The van der Waals surface area contributed by atoms with Crippen LogP contribution in [0.15, 0.2) is 23.1 Å². The van der Waals surface area contributed by atoms with E-state index in [1.54, 1.807) is 18.4 Å². The van der Waals surface area contributed by atoms with Gasteiger partial charge >= 0.3 is 12.1 Å². The summed E-state index contributed by atoms with van der Waals surface area (Å²) in [6.45, 7) is 3.43. The van der Waals surface area contributed by atoms with Gasteiger partial charge in [0.05, 0.1) is 36.3 Å². The van der Waals surface area contributed by atoms with Gasteiger partial charge in [0.2, 0.25) is 0 Å². The van der Waals surface area contributed by atoms with E-state index in [4.69, 9.17) is 4.74 Å². The molecule has 30 heavy (non-hydrogen) atoms. The van der Waals surface area contributed by atoms with E-state index in [1.165, 1.54) is 12.5 Å². The summed E-state index contributed by atoms with van der Waals surface area (Å²) in [5, 5.41) is 4.15. The number of fused-ring (bicyclic) bond motifs is 2. The highest BCUT2D eigenvalue weighted by Crippen LogP contribution is 2.39. The average molecular weight is 489 g/mol. The van der Waals surface area contributed by atoms with Gasteiger partial charge in [0, 0.05) is 28.2 Å². The van der Waals surface area contributed by atoms with Crippen molar-refractivity contribution in [2.24, 2.45) is 0 Å². The van der Waals surface area contributed by atoms with Crippen molar-refractivity contribution in [2.75, 3.05) is 6.61 Å². The summed E-state index contributed by atoms with van der Waals surface area (Å²) in [4.78, 5) is 17.0. The maximum absolute atomic E-state index is 13.9. The van der Waals surface area contributed by atoms with E-state index in [2.05, 4.69) is 26.0 Å². The summed E-state index contributed by atoms with van der Waals surface area (Å²) < 4.78 is 62.8. The molecule has 0 saturated heterocycles. The maximum Gasteiger partial charge on any atom is 0.417 e. The van der Waals surface area contributed by atoms with Gasteiger partial charge in [-0.1, -0.05) is 15.9 Å². The van der Waals surface area contributed by atoms with Gasteiger partial charge in [-0.3, -0.25) is 4.68 Å². The van der Waals surface area contributed by atoms with Gasteiger partial charge in [-0.05, 0) is 25.5 Å². The highest BCUT2D eigenvalue weighted by molar-refractivity contribution is 9.10. The smallest absolute Gasteiger partial charge is 0.417 e. The molecular weight excluding hydrogens is 472 g/mol. The molecule has 0 spiro atoms. The van der Waals surface area contributed by atoms with Crippen molar-refractivity contribution in [3.8, 4) is 0 Å². The van der Waals surface area contributed by atoms with Crippen molar-refractivity contribution in [2.45, 2.75) is 45.2 Å². The minimum Gasteiger partial charge on any atom is -0.464 e. The molecule has 0 bridgehead atoms. The van der Waals surface area contributed by atoms with Crippen molar-refractivity contribution < 1.29 is 27.1 Å². The molecule has 1 aliphatic rings. The van der Waals surface area contributed by atoms with E-state index in [9.17, 15) is 22.4 Å². The van der Waals surface area contributed by atoms with Gasteiger partial charge in [0.1, 0.15) is 6.17 Å². The zero-order valence-corrected chi connectivity index (χ0v) is 17.6. The quantitative estimate of drug-likeness (QED) is 0.404. The van der Waals surface area contributed by atoms with Gasteiger partial charge < -0.3 is 9.30 Å². The molecule has 1 aliphatic heterocycles. The zero-order chi connectivity index (χ0) is 21.8. The molecule has 0 saturated carbocycles. The largest absolute Gasteiger partial charge is 0.464 e. The lowest BCUT2D eigenvalue weighted by molar-refractivity contribution is -0.146. The summed E-state index contributed by atoms with van der Waals surface area (Å²) in [6.07, 6.45) is -3.07. The van der Waals surface area contributed by atoms with Crippen LogP contribution >= 0.6 is 15.9 Å². The molecule has 160 valence electrons. The van der Waals surface area contributed by atoms with Crippen LogP contribution < -0.4 is 0 Å². The molecule has 2 atom stereocenters. The monoisotopic (exact) mass is 488 g/mol. The number of rotatable bonds is 4. The summed E-state index contributed by atoms with van der Waals surface area (Å²) in [5.74, 6) is -0.723. The predicted octanol–water partition coefficient (Wildman–Crippen LogP) is 4.37. The summed E-state index contributed by atoms with van der Waals surface area (Å²) in [7, 11) is 0. The fourth-order valence-corrected chi connectivity index (χ4v) is 4.16. The summed E-state index contributed by atoms with van der Waals surface area (Å²) in [6, 6.07) is -0.233. The molecule has 4 rings (SSSR count). The van der Waals surface area contributed by atoms with Crippen LogP contribution in [-0.4, -0.2) is 38.1 Å². The number of alkyl halides is 4. The number of imidazole rings is 1. The van der Waals surface area contributed by atoms with Crippen molar-refractivity contribution in [1.29, 1.82) is 0 Å².